The minimum atomic E-state index is 0.221. The molecule has 1 rings (SSSR count). The Hall–Kier alpha value is -1.07. The second-order valence-corrected chi connectivity index (χ2v) is 5.53. The van der Waals surface area contributed by atoms with Gasteiger partial charge in [-0.05, 0) is 46.2 Å². The summed E-state index contributed by atoms with van der Waals surface area (Å²) in [5.74, 6) is 0.616. The smallest absolute Gasteiger partial charge is 0.224 e. The van der Waals surface area contributed by atoms with Crippen molar-refractivity contribution in [2.45, 2.75) is 46.7 Å². The highest BCUT2D eigenvalue weighted by atomic mass is 35.5. The third-order valence-corrected chi connectivity index (χ3v) is 3.27. The summed E-state index contributed by atoms with van der Waals surface area (Å²) in [5.41, 5.74) is 7.19. The van der Waals surface area contributed by atoms with E-state index in [2.05, 4.69) is 47.9 Å². The highest BCUT2D eigenvalue weighted by molar-refractivity contribution is 6.28. The summed E-state index contributed by atoms with van der Waals surface area (Å²) in [6, 6.07) is 1.02. The molecule has 1 aromatic rings. The fraction of sp³-hybridized carbons (Fsp3) is 0.692. The third-order valence-electron chi connectivity index (χ3n) is 3.10. The topological polar surface area (TPSA) is 67.1 Å². The SMILES string of the molecule is Cc1nc(Cl)nc(NCCN(C(C)C)C(C)C)c1N. The van der Waals surface area contributed by atoms with Crippen LogP contribution < -0.4 is 11.1 Å². The average Bonchev–Trinajstić information content (AvgIpc) is 2.29. The Morgan fingerprint density at radius 3 is 2.32 bits per heavy atom. The molecule has 0 bridgehead atoms. The maximum atomic E-state index is 5.93. The maximum absolute atomic E-state index is 5.93. The molecule has 19 heavy (non-hydrogen) atoms. The van der Waals surface area contributed by atoms with Gasteiger partial charge in [-0.25, -0.2) is 4.98 Å². The predicted molar refractivity (Wildman–Crippen MR) is 81.7 cm³/mol. The summed E-state index contributed by atoms with van der Waals surface area (Å²) in [6.07, 6.45) is 0. The van der Waals surface area contributed by atoms with Crippen LogP contribution in [-0.4, -0.2) is 40.0 Å². The van der Waals surface area contributed by atoms with Crippen LogP contribution >= 0.6 is 11.6 Å². The lowest BCUT2D eigenvalue weighted by Crippen LogP contribution is -2.40. The van der Waals surface area contributed by atoms with Crippen molar-refractivity contribution in [3.05, 3.63) is 11.0 Å². The van der Waals surface area contributed by atoms with Crippen molar-refractivity contribution in [1.82, 2.24) is 14.9 Å². The minimum Gasteiger partial charge on any atom is -0.394 e. The lowest BCUT2D eigenvalue weighted by Gasteiger charge is -2.30. The third kappa shape index (κ3) is 4.51. The normalized spacial score (nSPS) is 11.6. The Kier molecular flexibility index (Phi) is 5.82. The van der Waals surface area contributed by atoms with Crippen molar-refractivity contribution in [3.63, 3.8) is 0 Å². The molecule has 1 heterocycles. The summed E-state index contributed by atoms with van der Waals surface area (Å²) in [7, 11) is 0. The number of nitrogen functional groups attached to an aromatic ring is 1. The van der Waals surface area contributed by atoms with Gasteiger partial charge in [-0.15, -0.1) is 0 Å². The van der Waals surface area contributed by atoms with Gasteiger partial charge in [0.2, 0.25) is 5.28 Å². The van der Waals surface area contributed by atoms with Gasteiger partial charge in [0, 0.05) is 25.2 Å². The first-order valence-corrected chi connectivity index (χ1v) is 7.00. The van der Waals surface area contributed by atoms with E-state index in [1.165, 1.54) is 0 Å². The van der Waals surface area contributed by atoms with Crippen LogP contribution in [0.15, 0.2) is 0 Å². The Bertz CT molecular complexity index is 412. The molecule has 0 atom stereocenters. The number of hydrogen-bond acceptors (Lipinski definition) is 5. The van der Waals surface area contributed by atoms with Gasteiger partial charge in [0.25, 0.3) is 0 Å². The first kappa shape index (κ1) is 16.0. The highest BCUT2D eigenvalue weighted by Crippen LogP contribution is 2.20. The second kappa shape index (κ2) is 6.91. The first-order valence-electron chi connectivity index (χ1n) is 6.62. The van der Waals surface area contributed by atoms with E-state index in [4.69, 9.17) is 17.3 Å². The molecule has 0 spiro atoms. The number of hydrogen-bond donors (Lipinski definition) is 2. The van der Waals surface area contributed by atoms with E-state index in [1.807, 2.05) is 6.92 Å². The number of rotatable bonds is 6. The van der Waals surface area contributed by atoms with Gasteiger partial charge >= 0.3 is 0 Å². The molecule has 0 aliphatic carbocycles. The fourth-order valence-electron chi connectivity index (χ4n) is 2.10. The van der Waals surface area contributed by atoms with Crippen LogP contribution in [0, 0.1) is 6.92 Å². The number of nitrogens with two attached hydrogens (primary N) is 1. The van der Waals surface area contributed by atoms with Crippen LogP contribution in [-0.2, 0) is 0 Å². The van der Waals surface area contributed by atoms with Crippen LogP contribution in [0.2, 0.25) is 5.28 Å². The first-order chi connectivity index (χ1) is 8.82. The van der Waals surface area contributed by atoms with Gasteiger partial charge in [0.15, 0.2) is 5.82 Å². The second-order valence-electron chi connectivity index (χ2n) is 5.19. The summed E-state index contributed by atoms with van der Waals surface area (Å²) in [6.45, 7) is 12.3. The Morgan fingerprint density at radius 1 is 1.21 bits per heavy atom. The fourth-order valence-corrected chi connectivity index (χ4v) is 2.31. The lowest BCUT2D eigenvalue weighted by molar-refractivity contribution is 0.182. The van der Waals surface area contributed by atoms with E-state index in [1.54, 1.807) is 0 Å². The summed E-state index contributed by atoms with van der Waals surface area (Å²) >= 11 is 5.84. The number of aryl methyl sites for hydroxylation is 1. The number of aromatic nitrogens is 2. The van der Waals surface area contributed by atoms with E-state index in [0.717, 1.165) is 13.1 Å². The van der Waals surface area contributed by atoms with E-state index in [0.29, 0.717) is 29.3 Å². The standard InChI is InChI=1S/C13H24ClN5/c1-8(2)19(9(3)4)7-6-16-12-11(15)10(5)17-13(14)18-12/h8-9H,6-7,15H2,1-5H3,(H,16,17,18). The van der Waals surface area contributed by atoms with Gasteiger partial charge in [-0.2, -0.15) is 4.98 Å². The molecule has 0 unspecified atom stereocenters. The molecule has 0 saturated heterocycles. The van der Waals surface area contributed by atoms with Crippen molar-refractivity contribution in [2.24, 2.45) is 0 Å². The zero-order valence-corrected chi connectivity index (χ0v) is 13.1. The van der Waals surface area contributed by atoms with Crippen molar-refractivity contribution in [3.8, 4) is 0 Å². The number of anilines is 2. The van der Waals surface area contributed by atoms with Crippen LogP contribution in [0.1, 0.15) is 33.4 Å². The van der Waals surface area contributed by atoms with E-state index < -0.39 is 0 Å². The maximum Gasteiger partial charge on any atom is 0.224 e. The Balaban J connectivity index is 2.62. The van der Waals surface area contributed by atoms with Crippen molar-refractivity contribution in [2.75, 3.05) is 24.1 Å². The van der Waals surface area contributed by atoms with Crippen molar-refractivity contribution >= 4 is 23.1 Å². The zero-order valence-electron chi connectivity index (χ0n) is 12.4. The number of nitrogens with one attached hydrogen (secondary N) is 1. The molecule has 1 aromatic heterocycles. The minimum absolute atomic E-state index is 0.221. The van der Waals surface area contributed by atoms with Crippen molar-refractivity contribution < 1.29 is 0 Å². The largest absolute Gasteiger partial charge is 0.394 e. The van der Waals surface area contributed by atoms with E-state index >= 15 is 0 Å². The van der Waals surface area contributed by atoms with Gasteiger partial charge in [0.05, 0.1) is 11.4 Å². The van der Waals surface area contributed by atoms with Gasteiger partial charge in [-0.1, -0.05) is 0 Å². The lowest BCUT2D eigenvalue weighted by atomic mass is 10.2. The Morgan fingerprint density at radius 2 is 1.79 bits per heavy atom. The summed E-state index contributed by atoms with van der Waals surface area (Å²) in [4.78, 5) is 10.5. The molecule has 6 heteroatoms. The molecule has 0 aliphatic heterocycles. The summed E-state index contributed by atoms with van der Waals surface area (Å²) < 4.78 is 0. The monoisotopic (exact) mass is 285 g/mol. The zero-order chi connectivity index (χ0) is 14.6. The molecule has 0 aromatic carbocycles. The molecular formula is C13H24ClN5. The van der Waals surface area contributed by atoms with Crippen LogP contribution in [0.3, 0.4) is 0 Å². The number of halogens is 1. The van der Waals surface area contributed by atoms with E-state index in [9.17, 15) is 0 Å². The van der Waals surface area contributed by atoms with Gasteiger partial charge in [0.1, 0.15) is 0 Å². The molecule has 0 radical (unpaired) electrons. The molecule has 5 nitrogen and oxygen atoms in total. The molecule has 0 aliphatic rings. The summed E-state index contributed by atoms with van der Waals surface area (Å²) in [5, 5.41) is 3.45. The molecule has 0 saturated carbocycles. The van der Waals surface area contributed by atoms with Crippen LogP contribution in [0.25, 0.3) is 0 Å². The quantitative estimate of drug-likeness (QED) is 0.786. The van der Waals surface area contributed by atoms with Crippen LogP contribution in [0.4, 0.5) is 11.5 Å². The molecule has 0 fully saturated rings. The van der Waals surface area contributed by atoms with Crippen molar-refractivity contribution in [1.29, 1.82) is 0 Å². The van der Waals surface area contributed by atoms with E-state index in [-0.39, 0.29) is 5.28 Å². The molecule has 0 amide bonds. The average molecular weight is 286 g/mol. The van der Waals surface area contributed by atoms with Gasteiger partial charge < -0.3 is 11.1 Å². The molecular weight excluding hydrogens is 262 g/mol. The molecule has 3 N–H and O–H groups in total. The number of nitrogens with zero attached hydrogens (tertiary/aromatic N) is 3. The molecule has 108 valence electrons. The Labute approximate surface area is 120 Å². The van der Waals surface area contributed by atoms with Crippen LogP contribution in [0.5, 0.6) is 0 Å². The predicted octanol–water partition coefficient (Wildman–Crippen LogP) is 2.55. The van der Waals surface area contributed by atoms with Gasteiger partial charge in [-0.3, -0.25) is 4.90 Å². The highest BCUT2D eigenvalue weighted by Gasteiger charge is 2.13.